The van der Waals surface area contributed by atoms with Crippen LogP contribution in [-0.4, -0.2) is 63.7 Å². The molecule has 0 aliphatic carbocycles. The molecular weight excluding hydrogens is 478 g/mol. The van der Waals surface area contributed by atoms with Crippen molar-refractivity contribution in [1.82, 2.24) is 30.1 Å². The molecule has 3 aromatic rings. The van der Waals surface area contributed by atoms with Crippen LogP contribution in [0.25, 0.3) is 16.7 Å². The first-order valence-corrected chi connectivity index (χ1v) is 13.9. The van der Waals surface area contributed by atoms with Crippen LogP contribution in [0.5, 0.6) is 0 Å². The van der Waals surface area contributed by atoms with E-state index in [0.29, 0.717) is 24.2 Å². The van der Waals surface area contributed by atoms with Crippen LogP contribution in [0, 0.1) is 5.41 Å². The highest BCUT2D eigenvalue weighted by atomic mass is 16.1. The minimum Gasteiger partial charge on any atom is -0.370 e. The van der Waals surface area contributed by atoms with E-state index in [4.69, 9.17) is 16.9 Å². The molecule has 38 heavy (non-hydrogen) atoms. The number of guanidine groups is 1. The first-order valence-electron chi connectivity index (χ1n) is 13.9. The molecule has 8 N–H and O–H groups in total. The fraction of sp³-hybridized carbons (Fsp3) is 0.536. The summed E-state index contributed by atoms with van der Waals surface area (Å²) in [5, 5.41) is 14.9. The van der Waals surface area contributed by atoms with E-state index in [1.165, 1.54) is 5.56 Å². The van der Waals surface area contributed by atoms with Gasteiger partial charge in [-0.1, -0.05) is 18.6 Å². The van der Waals surface area contributed by atoms with Gasteiger partial charge in [-0.05, 0) is 75.9 Å². The Balaban J connectivity index is 1.26. The highest BCUT2D eigenvalue weighted by molar-refractivity contribution is 5.76. The highest BCUT2D eigenvalue weighted by Gasteiger charge is 2.26. The lowest BCUT2D eigenvalue weighted by Gasteiger charge is -2.31. The number of nitrogens with zero attached hydrogens (tertiary/aromatic N) is 3. The summed E-state index contributed by atoms with van der Waals surface area (Å²) in [5.41, 5.74) is 14.9. The van der Waals surface area contributed by atoms with E-state index in [1.54, 1.807) is 4.57 Å². The van der Waals surface area contributed by atoms with Gasteiger partial charge in [0.05, 0.1) is 5.69 Å². The zero-order valence-corrected chi connectivity index (χ0v) is 22.2. The van der Waals surface area contributed by atoms with E-state index in [1.807, 2.05) is 18.3 Å². The van der Waals surface area contributed by atoms with Crippen LogP contribution in [0.4, 0.5) is 0 Å². The number of nitrogens with one attached hydrogen (secondary N) is 4. The van der Waals surface area contributed by atoms with Crippen molar-refractivity contribution in [2.45, 2.75) is 69.5 Å². The molecule has 4 atom stereocenters. The van der Waals surface area contributed by atoms with Crippen molar-refractivity contribution in [2.75, 3.05) is 26.2 Å². The molecule has 0 saturated carbocycles. The molecular formula is C28H41N9O. The van der Waals surface area contributed by atoms with Crippen molar-refractivity contribution < 1.29 is 0 Å². The monoisotopic (exact) mass is 519 g/mol. The third-order valence-electron chi connectivity index (χ3n) is 8.01. The van der Waals surface area contributed by atoms with E-state index < -0.39 is 0 Å². The lowest BCUT2D eigenvalue weighted by atomic mass is 9.92. The molecule has 2 aliphatic heterocycles. The largest absolute Gasteiger partial charge is 0.370 e. The molecule has 0 radical (unpaired) electrons. The minimum absolute atomic E-state index is 0.0185. The van der Waals surface area contributed by atoms with Crippen LogP contribution >= 0.6 is 0 Å². The van der Waals surface area contributed by atoms with Gasteiger partial charge in [0.15, 0.2) is 5.96 Å². The normalized spacial score (nSPS) is 23.1. The van der Waals surface area contributed by atoms with E-state index in [9.17, 15) is 4.79 Å². The Labute approximate surface area is 223 Å². The number of nitrogens with two attached hydrogens (primary N) is 2. The SMILES string of the molecule is C[C@H](N)CCN1CC[C@@H](c2cc3cn(-c4ccc([C@@H]5CCC[C@@H](CCNC(=N)N)N5)cc4)c(=O)nc3[nH]2)C1. The summed E-state index contributed by atoms with van der Waals surface area (Å²) < 4.78 is 1.64. The van der Waals surface area contributed by atoms with Gasteiger partial charge >= 0.3 is 5.69 Å². The molecule has 204 valence electrons. The van der Waals surface area contributed by atoms with Gasteiger partial charge in [-0.15, -0.1) is 0 Å². The second kappa shape index (κ2) is 11.7. The number of aromatic amines is 1. The molecule has 2 saturated heterocycles. The van der Waals surface area contributed by atoms with Gasteiger partial charge in [-0.3, -0.25) is 9.98 Å². The van der Waals surface area contributed by atoms with Crippen molar-refractivity contribution in [3.8, 4) is 5.69 Å². The van der Waals surface area contributed by atoms with Gasteiger partial charge in [0, 0.05) is 54.4 Å². The summed E-state index contributed by atoms with van der Waals surface area (Å²) in [5.74, 6) is 0.440. The highest BCUT2D eigenvalue weighted by Crippen LogP contribution is 2.29. The van der Waals surface area contributed by atoms with E-state index in [-0.39, 0.29) is 23.7 Å². The molecule has 1 aromatic carbocycles. The molecule has 0 amide bonds. The van der Waals surface area contributed by atoms with Crippen molar-refractivity contribution in [3.05, 3.63) is 58.3 Å². The maximum Gasteiger partial charge on any atom is 0.354 e. The summed E-state index contributed by atoms with van der Waals surface area (Å²) >= 11 is 0. The Bertz CT molecular complexity index is 1300. The first kappa shape index (κ1) is 26.4. The molecule has 0 spiro atoms. The number of H-pyrrole nitrogens is 1. The van der Waals surface area contributed by atoms with Crippen LogP contribution in [0.3, 0.4) is 0 Å². The molecule has 5 rings (SSSR count). The summed E-state index contributed by atoms with van der Waals surface area (Å²) in [7, 11) is 0. The van der Waals surface area contributed by atoms with Gasteiger partial charge in [0.2, 0.25) is 0 Å². The van der Waals surface area contributed by atoms with E-state index in [0.717, 1.165) is 74.9 Å². The fourth-order valence-corrected chi connectivity index (χ4v) is 5.85. The number of piperidine rings is 1. The molecule has 10 heteroatoms. The van der Waals surface area contributed by atoms with Gasteiger partial charge in [-0.2, -0.15) is 4.98 Å². The predicted molar refractivity (Wildman–Crippen MR) is 152 cm³/mol. The first-order chi connectivity index (χ1) is 18.4. The zero-order chi connectivity index (χ0) is 26.6. The van der Waals surface area contributed by atoms with E-state index in [2.05, 4.69) is 50.6 Å². The van der Waals surface area contributed by atoms with Crippen LogP contribution in [0.1, 0.15) is 68.7 Å². The molecule has 2 aromatic heterocycles. The number of rotatable bonds is 9. The zero-order valence-electron chi connectivity index (χ0n) is 22.2. The number of hydrogen-bond donors (Lipinski definition) is 6. The number of fused-ring (bicyclic) bond motifs is 1. The Morgan fingerprint density at radius 2 is 2.08 bits per heavy atom. The average Bonchev–Trinajstić information content (AvgIpc) is 3.54. The lowest BCUT2D eigenvalue weighted by molar-refractivity contribution is 0.312. The van der Waals surface area contributed by atoms with Crippen LogP contribution in [0.15, 0.2) is 41.3 Å². The molecule has 2 fully saturated rings. The predicted octanol–water partition coefficient (Wildman–Crippen LogP) is 2.30. The van der Waals surface area contributed by atoms with Crippen LogP contribution in [-0.2, 0) is 0 Å². The number of aromatic nitrogens is 3. The van der Waals surface area contributed by atoms with Gasteiger partial charge in [-0.25, -0.2) is 4.79 Å². The summed E-state index contributed by atoms with van der Waals surface area (Å²) in [6, 6.07) is 11.3. The molecule has 10 nitrogen and oxygen atoms in total. The Kier molecular flexibility index (Phi) is 8.11. The standard InChI is InChI=1S/C28H41N9O/c1-18(29)10-13-36-14-11-20(16-36)25-15-21-17-37(28(38)35-26(21)34-25)23-7-5-19(6-8-23)24-4-2-3-22(33-24)9-12-32-27(30)31/h5-8,15,17-18,20,22,24,33H,2-4,9-14,16,29H2,1H3,(H4,30,31,32)(H,34,35,38)/t18-,20+,22-,24-/m0/s1. The Morgan fingerprint density at radius 1 is 1.26 bits per heavy atom. The van der Waals surface area contributed by atoms with Crippen molar-refractivity contribution in [3.63, 3.8) is 0 Å². The van der Waals surface area contributed by atoms with Gasteiger partial charge in [0.1, 0.15) is 5.65 Å². The number of hydrogen-bond acceptors (Lipinski definition) is 6. The topological polar surface area (TPSA) is 154 Å². The summed E-state index contributed by atoms with van der Waals surface area (Å²) in [4.78, 5) is 23.2. The minimum atomic E-state index is -0.280. The van der Waals surface area contributed by atoms with Gasteiger partial charge in [0.25, 0.3) is 0 Å². The fourth-order valence-electron chi connectivity index (χ4n) is 5.85. The second-order valence-electron chi connectivity index (χ2n) is 11.0. The number of benzene rings is 1. The molecule has 2 aliphatic rings. The Hall–Kier alpha value is -3.21. The van der Waals surface area contributed by atoms with Gasteiger partial charge < -0.3 is 32.0 Å². The van der Waals surface area contributed by atoms with Crippen molar-refractivity contribution in [1.29, 1.82) is 5.41 Å². The molecule has 0 unspecified atom stereocenters. The second-order valence-corrected chi connectivity index (χ2v) is 11.0. The third kappa shape index (κ3) is 6.25. The smallest absolute Gasteiger partial charge is 0.354 e. The summed E-state index contributed by atoms with van der Waals surface area (Å²) in [6.07, 6.45) is 8.30. The molecule has 4 heterocycles. The maximum atomic E-state index is 12.9. The van der Waals surface area contributed by atoms with E-state index >= 15 is 0 Å². The third-order valence-corrected chi connectivity index (χ3v) is 8.01. The van der Waals surface area contributed by atoms with Crippen LogP contribution < -0.4 is 27.8 Å². The van der Waals surface area contributed by atoms with Crippen molar-refractivity contribution >= 4 is 17.0 Å². The Morgan fingerprint density at radius 3 is 2.84 bits per heavy atom. The quantitative estimate of drug-likeness (QED) is 0.187. The van der Waals surface area contributed by atoms with Crippen LogP contribution in [0.2, 0.25) is 0 Å². The van der Waals surface area contributed by atoms with Crippen molar-refractivity contribution in [2.24, 2.45) is 11.5 Å². The molecule has 0 bridgehead atoms. The number of likely N-dealkylation sites (tertiary alicyclic amines) is 1. The summed E-state index contributed by atoms with van der Waals surface area (Å²) in [6.45, 7) is 5.87. The lowest BCUT2D eigenvalue weighted by Crippen LogP contribution is -2.40. The maximum absolute atomic E-state index is 12.9. The average molecular weight is 520 g/mol.